The molecule has 0 saturated heterocycles. The second kappa shape index (κ2) is 9.26. The third kappa shape index (κ3) is 6.35. The highest BCUT2D eigenvalue weighted by atomic mass is 79.9. The van der Waals surface area contributed by atoms with E-state index in [4.69, 9.17) is 0 Å². The van der Waals surface area contributed by atoms with Gasteiger partial charge in [-0.3, -0.25) is 9.59 Å². The normalized spacial score (nSPS) is 11.7. The van der Waals surface area contributed by atoms with Crippen LogP contribution in [0.2, 0.25) is 0 Å². The van der Waals surface area contributed by atoms with Gasteiger partial charge in [0.25, 0.3) is 11.8 Å². The zero-order valence-electron chi connectivity index (χ0n) is 16.3. The lowest BCUT2D eigenvalue weighted by Gasteiger charge is -2.12. The van der Waals surface area contributed by atoms with Crippen LogP contribution in [0.25, 0.3) is 0 Å². The van der Waals surface area contributed by atoms with E-state index in [-0.39, 0.29) is 22.5 Å². The molecule has 0 aromatic heterocycles. The molecule has 2 N–H and O–H groups in total. The number of alkyl halides is 6. The van der Waals surface area contributed by atoms with E-state index in [9.17, 15) is 35.9 Å². The maximum absolute atomic E-state index is 12.9. The van der Waals surface area contributed by atoms with Gasteiger partial charge in [-0.2, -0.15) is 26.3 Å². The number of halogens is 7. The zero-order valence-corrected chi connectivity index (χ0v) is 17.9. The monoisotopic (exact) mass is 530 g/mol. The quantitative estimate of drug-likeness (QED) is 0.357. The molecule has 0 heterocycles. The van der Waals surface area contributed by atoms with Crippen LogP contribution in [-0.4, -0.2) is 11.8 Å². The first-order valence-electron chi connectivity index (χ1n) is 9.11. The molecule has 0 saturated carbocycles. The van der Waals surface area contributed by atoms with Crippen molar-refractivity contribution in [2.24, 2.45) is 0 Å². The molecule has 0 aliphatic rings. The molecular weight excluding hydrogens is 518 g/mol. The lowest BCUT2D eigenvalue weighted by atomic mass is 10.1. The molecule has 0 bridgehead atoms. The standard InChI is InChI=1S/C22H13BrF6N2O2/c23-16-8-12(19(32)30-17-5-1-3-14(10-17)21(24,25)26)7-13(9-16)20(33)31-18-6-2-4-15(11-18)22(27,28)29/h1-11H,(H,30,32)(H,31,33). The summed E-state index contributed by atoms with van der Waals surface area (Å²) in [6.07, 6.45) is -9.18. The van der Waals surface area contributed by atoms with Crippen LogP contribution in [0.1, 0.15) is 31.8 Å². The van der Waals surface area contributed by atoms with Crippen molar-refractivity contribution in [3.8, 4) is 0 Å². The predicted octanol–water partition coefficient (Wildman–Crippen LogP) is 6.99. The Morgan fingerprint density at radius 3 is 1.39 bits per heavy atom. The van der Waals surface area contributed by atoms with Crippen molar-refractivity contribution >= 4 is 39.1 Å². The minimum absolute atomic E-state index is 0.0593. The highest BCUT2D eigenvalue weighted by Crippen LogP contribution is 2.32. The van der Waals surface area contributed by atoms with E-state index >= 15 is 0 Å². The highest BCUT2D eigenvalue weighted by molar-refractivity contribution is 9.10. The Morgan fingerprint density at radius 1 is 0.636 bits per heavy atom. The molecular formula is C22H13BrF6N2O2. The molecule has 11 heteroatoms. The van der Waals surface area contributed by atoms with E-state index in [2.05, 4.69) is 26.6 Å². The largest absolute Gasteiger partial charge is 0.416 e. The first-order chi connectivity index (χ1) is 15.3. The fraction of sp³-hybridized carbons (Fsp3) is 0.0909. The van der Waals surface area contributed by atoms with Gasteiger partial charge in [0.15, 0.2) is 0 Å². The molecule has 3 aromatic rings. The molecule has 0 spiro atoms. The first kappa shape index (κ1) is 24.3. The Kier molecular flexibility index (Phi) is 6.82. The molecule has 172 valence electrons. The molecule has 33 heavy (non-hydrogen) atoms. The van der Waals surface area contributed by atoms with Crippen molar-refractivity contribution in [1.29, 1.82) is 0 Å². The number of amides is 2. The summed E-state index contributed by atoms with van der Waals surface area (Å²) in [7, 11) is 0. The Hall–Kier alpha value is -3.34. The minimum Gasteiger partial charge on any atom is -0.322 e. The van der Waals surface area contributed by atoms with E-state index < -0.39 is 35.3 Å². The van der Waals surface area contributed by atoms with Crippen molar-refractivity contribution < 1.29 is 35.9 Å². The van der Waals surface area contributed by atoms with Crippen molar-refractivity contribution in [3.63, 3.8) is 0 Å². The van der Waals surface area contributed by atoms with E-state index in [0.717, 1.165) is 42.5 Å². The van der Waals surface area contributed by atoms with E-state index in [1.165, 1.54) is 24.3 Å². The van der Waals surface area contributed by atoms with Crippen LogP contribution in [0.4, 0.5) is 37.7 Å². The van der Waals surface area contributed by atoms with Gasteiger partial charge in [-0.25, -0.2) is 0 Å². The number of nitrogens with one attached hydrogen (secondary N) is 2. The maximum atomic E-state index is 12.9. The van der Waals surface area contributed by atoms with Crippen molar-refractivity contribution in [3.05, 3.63) is 93.5 Å². The zero-order chi connectivity index (χ0) is 24.4. The molecule has 0 aliphatic carbocycles. The van der Waals surface area contributed by atoms with Gasteiger partial charge in [0.2, 0.25) is 0 Å². The second-order valence-electron chi connectivity index (χ2n) is 6.79. The second-order valence-corrected chi connectivity index (χ2v) is 7.71. The van der Waals surface area contributed by atoms with Crippen LogP contribution in [0, 0.1) is 0 Å². The first-order valence-corrected chi connectivity index (χ1v) is 9.90. The van der Waals surface area contributed by atoms with Crippen LogP contribution in [0.5, 0.6) is 0 Å². The Balaban J connectivity index is 1.81. The molecule has 2 amide bonds. The third-order valence-electron chi connectivity index (χ3n) is 4.32. The summed E-state index contributed by atoms with van der Waals surface area (Å²) in [5.41, 5.74) is -2.23. The number of carbonyl (C=O) groups is 2. The van der Waals surface area contributed by atoms with Crippen LogP contribution >= 0.6 is 15.9 Å². The number of rotatable bonds is 4. The Bertz CT molecular complexity index is 1120. The van der Waals surface area contributed by atoms with Gasteiger partial charge in [0, 0.05) is 27.0 Å². The van der Waals surface area contributed by atoms with E-state index in [0.29, 0.717) is 4.47 Å². The number of carbonyl (C=O) groups excluding carboxylic acids is 2. The smallest absolute Gasteiger partial charge is 0.322 e. The Morgan fingerprint density at radius 2 is 1.03 bits per heavy atom. The van der Waals surface area contributed by atoms with E-state index in [1.54, 1.807) is 0 Å². The molecule has 4 nitrogen and oxygen atoms in total. The van der Waals surface area contributed by atoms with Gasteiger partial charge >= 0.3 is 12.4 Å². The molecule has 0 radical (unpaired) electrons. The number of hydrogen-bond donors (Lipinski definition) is 2. The maximum Gasteiger partial charge on any atom is 0.416 e. The average molecular weight is 531 g/mol. The summed E-state index contributed by atoms with van der Waals surface area (Å²) in [5.74, 6) is -1.58. The summed E-state index contributed by atoms with van der Waals surface area (Å²) in [6, 6.07) is 11.9. The summed E-state index contributed by atoms with van der Waals surface area (Å²) < 4.78 is 77.5. The van der Waals surface area contributed by atoms with Gasteiger partial charge in [-0.1, -0.05) is 28.1 Å². The van der Waals surface area contributed by atoms with Crippen molar-refractivity contribution in [2.75, 3.05) is 10.6 Å². The molecule has 0 aliphatic heterocycles. The van der Waals surface area contributed by atoms with Crippen LogP contribution in [0.3, 0.4) is 0 Å². The predicted molar refractivity (Wildman–Crippen MR) is 113 cm³/mol. The lowest BCUT2D eigenvalue weighted by molar-refractivity contribution is -0.138. The average Bonchev–Trinajstić information content (AvgIpc) is 2.72. The summed E-state index contributed by atoms with van der Waals surface area (Å²) in [5, 5.41) is 4.64. The van der Waals surface area contributed by atoms with Crippen molar-refractivity contribution in [2.45, 2.75) is 12.4 Å². The SMILES string of the molecule is O=C(Nc1cccc(C(F)(F)F)c1)c1cc(Br)cc(C(=O)Nc2cccc(C(F)(F)F)c2)c1. The van der Waals surface area contributed by atoms with Crippen LogP contribution in [0.15, 0.2) is 71.2 Å². The molecule has 3 rings (SSSR count). The number of anilines is 2. The molecule has 0 unspecified atom stereocenters. The van der Waals surface area contributed by atoms with Crippen LogP contribution < -0.4 is 10.6 Å². The minimum atomic E-state index is -4.59. The third-order valence-corrected chi connectivity index (χ3v) is 4.78. The van der Waals surface area contributed by atoms with Gasteiger partial charge in [-0.15, -0.1) is 0 Å². The number of hydrogen-bond acceptors (Lipinski definition) is 2. The van der Waals surface area contributed by atoms with Crippen LogP contribution in [-0.2, 0) is 12.4 Å². The fourth-order valence-electron chi connectivity index (χ4n) is 2.80. The molecule has 0 fully saturated rings. The summed E-state index contributed by atoms with van der Waals surface area (Å²) in [6.45, 7) is 0. The fourth-order valence-corrected chi connectivity index (χ4v) is 3.30. The van der Waals surface area contributed by atoms with Crippen molar-refractivity contribution in [1.82, 2.24) is 0 Å². The van der Waals surface area contributed by atoms with Gasteiger partial charge in [0.05, 0.1) is 11.1 Å². The van der Waals surface area contributed by atoms with Gasteiger partial charge in [-0.05, 0) is 54.6 Å². The number of benzene rings is 3. The Labute approximate surface area is 191 Å². The molecule has 3 aromatic carbocycles. The highest BCUT2D eigenvalue weighted by Gasteiger charge is 2.31. The van der Waals surface area contributed by atoms with E-state index in [1.807, 2.05) is 0 Å². The summed E-state index contributed by atoms with van der Waals surface area (Å²) >= 11 is 3.14. The summed E-state index contributed by atoms with van der Waals surface area (Å²) in [4.78, 5) is 25.1. The van der Waals surface area contributed by atoms with Gasteiger partial charge < -0.3 is 10.6 Å². The van der Waals surface area contributed by atoms with Gasteiger partial charge in [0.1, 0.15) is 0 Å². The molecule has 0 atom stereocenters. The lowest BCUT2D eigenvalue weighted by Crippen LogP contribution is -2.16. The topological polar surface area (TPSA) is 58.2 Å².